The van der Waals surface area contributed by atoms with E-state index in [2.05, 4.69) is 140 Å². The Hall–Kier alpha value is -6.95. The molecule has 4 nitrogen and oxygen atoms in total. The highest BCUT2D eigenvalue weighted by atomic mass is 32.1. The molecule has 0 bridgehead atoms. The van der Waals surface area contributed by atoms with Gasteiger partial charge in [-0.15, -0.1) is 11.3 Å². The summed E-state index contributed by atoms with van der Waals surface area (Å²) in [6.07, 6.45) is 0. The van der Waals surface area contributed by atoms with E-state index in [1.165, 1.54) is 20.2 Å². The van der Waals surface area contributed by atoms with Gasteiger partial charge in [-0.2, -0.15) is 0 Å². The molecule has 0 aliphatic rings. The molecule has 3 heterocycles. The first-order valence-corrected chi connectivity index (χ1v) is 18.8. The van der Waals surface area contributed by atoms with Crippen molar-refractivity contribution in [2.75, 3.05) is 0 Å². The maximum atomic E-state index is 6.43. The van der Waals surface area contributed by atoms with Crippen LogP contribution < -0.4 is 0 Å². The van der Waals surface area contributed by atoms with Crippen LogP contribution in [0.5, 0.6) is 0 Å². The zero-order valence-corrected chi connectivity index (χ0v) is 29.7. The second-order valence-electron chi connectivity index (χ2n) is 13.6. The van der Waals surface area contributed by atoms with Crippen molar-refractivity contribution in [2.45, 2.75) is 0 Å². The molecular formula is C49H29N3OS. The average Bonchev–Trinajstić information content (AvgIpc) is 3.82. The molecule has 0 N–H and O–H groups in total. The van der Waals surface area contributed by atoms with Crippen molar-refractivity contribution in [1.82, 2.24) is 15.0 Å². The number of hydrogen-bond donors (Lipinski definition) is 0. The minimum atomic E-state index is 0.642. The molecule has 0 radical (unpaired) electrons. The number of nitrogens with zero attached hydrogens (tertiary/aromatic N) is 3. The molecule has 0 spiro atoms. The van der Waals surface area contributed by atoms with Crippen LogP contribution in [0.3, 0.4) is 0 Å². The molecule has 54 heavy (non-hydrogen) atoms. The molecule has 0 unspecified atom stereocenters. The summed E-state index contributed by atoms with van der Waals surface area (Å²) in [5.41, 5.74) is 9.22. The van der Waals surface area contributed by atoms with Crippen LogP contribution in [-0.4, -0.2) is 15.0 Å². The summed E-state index contributed by atoms with van der Waals surface area (Å²) in [6.45, 7) is 0. The fraction of sp³-hybridized carbons (Fsp3) is 0. The molecule has 0 aliphatic heterocycles. The molecule has 5 heteroatoms. The summed E-state index contributed by atoms with van der Waals surface area (Å²) in [4.78, 5) is 15.3. The van der Waals surface area contributed by atoms with E-state index in [-0.39, 0.29) is 0 Å². The van der Waals surface area contributed by atoms with E-state index >= 15 is 0 Å². The van der Waals surface area contributed by atoms with Gasteiger partial charge in [0.2, 0.25) is 0 Å². The average molecular weight is 708 g/mol. The Morgan fingerprint density at radius 3 is 1.80 bits per heavy atom. The van der Waals surface area contributed by atoms with E-state index in [0.717, 1.165) is 71.7 Å². The van der Waals surface area contributed by atoms with Gasteiger partial charge in [-0.1, -0.05) is 133 Å². The van der Waals surface area contributed by atoms with Gasteiger partial charge in [0.15, 0.2) is 17.5 Å². The Balaban J connectivity index is 1.07. The topological polar surface area (TPSA) is 51.8 Å². The highest BCUT2D eigenvalue weighted by Gasteiger charge is 2.18. The lowest BCUT2D eigenvalue weighted by atomic mass is 9.93. The SMILES string of the molecule is c1ccc(-c2cc(-c3ccc4cc(-c5nc(-c6ccccc6)nc(-c6cccc7sc8ccccc8c67)n5)ccc4c3)c3c(c2)oc2ccccc23)cc1. The zero-order valence-electron chi connectivity index (χ0n) is 28.9. The third kappa shape index (κ3) is 5.09. The van der Waals surface area contributed by atoms with E-state index in [4.69, 9.17) is 19.4 Å². The van der Waals surface area contributed by atoms with E-state index in [1.54, 1.807) is 11.3 Å². The lowest BCUT2D eigenvalue weighted by molar-refractivity contribution is 0.669. The van der Waals surface area contributed by atoms with Crippen LogP contribution in [0.25, 0.3) is 109 Å². The van der Waals surface area contributed by atoms with Crippen molar-refractivity contribution in [1.29, 1.82) is 0 Å². The van der Waals surface area contributed by atoms with Crippen LogP contribution in [0.4, 0.5) is 0 Å². The molecule has 0 saturated carbocycles. The molecule has 0 saturated heterocycles. The quantitative estimate of drug-likeness (QED) is 0.179. The van der Waals surface area contributed by atoms with Crippen LogP contribution >= 0.6 is 11.3 Å². The first kappa shape index (κ1) is 30.7. The third-order valence-electron chi connectivity index (χ3n) is 10.3. The molecule has 11 rings (SSSR count). The number of benzene rings is 8. The highest BCUT2D eigenvalue weighted by molar-refractivity contribution is 7.25. The van der Waals surface area contributed by atoms with Crippen molar-refractivity contribution in [3.8, 4) is 56.4 Å². The van der Waals surface area contributed by atoms with E-state index in [1.807, 2.05) is 36.4 Å². The molecular weight excluding hydrogens is 679 g/mol. The van der Waals surface area contributed by atoms with Gasteiger partial charge in [-0.3, -0.25) is 0 Å². The second kappa shape index (κ2) is 12.3. The minimum absolute atomic E-state index is 0.642. The molecule has 0 aliphatic carbocycles. The first-order valence-electron chi connectivity index (χ1n) is 18.0. The fourth-order valence-electron chi connectivity index (χ4n) is 7.73. The van der Waals surface area contributed by atoms with E-state index < -0.39 is 0 Å². The Morgan fingerprint density at radius 2 is 0.981 bits per heavy atom. The van der Waals surface area contributed by atoms with Crippen LogP contribution in [-0.2, 0) is 0 Å². The van der Waals surface area contributed by atoms with Crippen molar-refractivity contribution in [3.63, 3.8) is 0 Å². The summed E-state index contributed by atoms with van der Waals surface area (Å²) >= 11 is 1.80. The molecule has 11 aromatic rings. The van der Waals surface area contributed by atoms with Crippen molar-refractivity contribution >= 4 is 64.2 Å². The normalized spacial score (nSPS) is 11.7. The number of para-hydroxylation sites is 1. The molecule has 0 atom stereocenters. The van der Waals surface area contributed by atoms with Gasteiger partial charge in [0.05, 0.1) is 0 Å². The summed E-state index contributed by atoms with van der Waals surface area (Å²) in [7, 11) is 0. The summed E-state index contributed by atoms with van der Waals surface area (Å²) in [5, 5.41) is 6.88. The van der Waals surface area contributed by atoms with E-state index in [9.17, 15) is 0 Å². The minimum Gasteiger partial charge on any atom is -0.456 e. The Morgan fingerprint density at radius 1 is 0.352 bits per heavy atom. The molecule has 252 valence electrons. The molecule has 0 amide bonds. The number of thiophene rings is 1. The lowest BCUT2D eigenvalue weighted by Gasteiger charge is -2.11. The maximum absolute atomic E-state index is 6.43. The van der Waals surface area contributed by atoms with Crippen LogP contribution in [0.15, 0.2) is 180 Å². The zero-order chi connectivity index (χ0) is 35.6. The summed E-state index contributed by atoms with van der Waals surface area (Å²) < 4.78 is 8.90. The smallest absolute Gasteiger partial charge is 0.164 e. The summed E-state index contributed by atoms with van der Waals surface area (Å²) in [5.74, 6) is 1.96. The largest absolute Gasteiger partial charge is 0.456 e. The van der Waals surface area contributed by atoms with Gasteiger partial charge < -0.3 is 4.42 Å². The van der Waals surface area contributed by atoms with Crippen LogP contribution in [0.2, 0.25) is 0 Å². The second-order valence-corrected chi connectivity index (χ2v) is 14.7. The fourth-order valence-corrected chi connectivity index (χ4v) is 8.87. The van der Waals surface area contributed by atoms with Gasteiger partial charge in [0.1, 0.15) is 11.2 Å². The highest BCUT2D eigenvalue weighted by Crippen LogP contribution is 2.42. The van der Waals surface area contributed by atoms with Crippen molar-refractivity contribution in [3.05, 3.63) is 176 Å². The lowest BCUT2D eigenvalue weighted by Crippen LogP contribution is -2.00. The number of fused-ring (bicyclic) bond motifs is 7. The summed E-state index contributed by atoms with van der Waals surface area (Å²) in [6, 6.07) is 61.6. The van der Waals surface area contributed by atoms with Gasteiger partial charge in [0.25, 0.3) is 0 Å². The van der Waals surface area contributed by atoms with Gasteiger partial charge in [-0.05, 0) is 75.5 Å². The van der Waals surface area contributed by atoms with Gasteiger partial charge in [-0.25, -0.2) is 15.0 Å². The maximum Gasteiger partial charge on any atom is 0.164 e. The third-order valence-corrected chi connectivity index (χ3v) is 11.4. The number of rotatable bonds is 5. The predicted octanol–water partition coefficient (Wildman–Crippen LogP) is 13.6. The predicted molar refractivity (Wildman–Crippen MR) is 225 cm³/mol. The van der Waals surface area contributed by atoms with Crippen molar-refractivity contribution in [2.24, 2.45) is 0 Å². The number of furan rings is 1. The number of aromatic nitrogens is 3. The van der Waals surface area contributed by atoms with Crippen LogP contribution in [0.1, 0.15) is 0 Å². The Kier molecular flexibility index (Phi) is 7.00. The Bertz CT molecular complexity index is 3220. The van der Waals surface area contributed by atoms with E-state index in [0.29, 0.717) is 17.5 Å². The standard InChI is InChI=1S/C49H29N3OS/c1-3-12-30(13-4-1)36-28-40(45-37-16-7-9-19-41(37)53-42(45)29-36)34-24-22-33-27-35(25-23-32(33)26-34)48-50-47(31-14-5-2-6-15-31)51-49(52-48)39-18-11-21-44-46(39)38-17-8-10-20-43(38)54-44/h1-29H. The van der Waals surface area contributed by atoms with Crippen molar-refractivity contribution < 1.29 is 4.42 Å². The molecule has 0 fully saturated rings. The molecule has 8 aromatic carbocycles. The first-order chi connectivity index (χ1) is 26.7. The molecule has 3 aromatic heterocycles. The van der Waals surface area contributed by atoms with Gasteiger partial charge >= 0.3 is 0 Å². The number of hydrogen-bond acceptors (Lipinski definition) is 5. The Labute approximate surface area is 314 Å². The van der Waals surface area contributed by atoms with Crippen LogP contribution in [0, 0.1) is 0 Å². The van der Waals surface area contributed by atoms with Gasteiger partial charge in [0, 0.05) is 47.6 Å². The monoisotopic (exact) mass is 707 g/mol.